The van der Waals surface area contributed by atoms with Gasteiger partial charge in [0, 0.05) is 12.1 Å². The summed E-state index contributed by atoms with van der Waals surface area (Å²) in [5.74, 6) is 0.108. The average molecular weight is 227 g/mol. The quantitative estimate of drug-likeness (QED) is 0.803. The Labute approximate surface area is 95.2 Å². The van der Waals surface area contributed by atoms with E-state index in [2.05, 4.69) is 5.32 Å². The molecule has 0 aliphatic heterocycles. The van der Waals surface area contributed by atoms with Crippen molar-refractivity contribution >= 4 is 0 Å². The van der Waals surface area contributed by atoms with Crippen molar-refractivity contribution in [3.05, 3.63) is 29.6 Å². The highest BCUT2D eigenvalue weighted by atomic mass is 19.1. The maximum atomic E-state index is 13.1. The van der Waals surface area contributed by atoms with Crippen molar-refractivity contribution in [3.8, 4) is 5.75 Å². The molecule has 1 unspecified atom stereocenters. The number of hydrogen-bond acceptors (Lipinski definition) is 3. The van der Waals surface area contributed by atoms with Gasteiger partial charge in [-0.15, -0.1) is 0 Å². The number of benzene rings is 1. The van der Waals surface area contributed by atoms with Crippen LogP contribution < -0.4 is 10.1 Å². The van der Waals surface area contributed by atoms with Crippen molar-refractivity contribution in [1.29, 1.82) is 0 Å². The summed E-state index contributed by atoms with van der Waals surface area (Å²) in [7, 11) is 1.50. The summed E-state index contributed by atoms with van der Waals surface area (Å²) >= 11 is 0. The highest BCUT2D eigenvalue weighted by molar-refractivity contribution is 5.38. The zero-order valence-electron chi connectivity index (χ0n) is 9.88. The molecule has 0 bridgehead atoms. The standard InChI is InChI=1S/C12H18FNO2/c1-4-14-8-12(2,15)10-7-9(13)5-6-11(10)16-3/h5-7,14-15H,4,8H2,1-3H3. The molecule has 16 heavy (non-hydrogen) atoms. The van der Waals surface area contributed by atoms with E-state index < -0.39 is 5.60 Å². The molecule has 0 aromatic heterocycles. The predicted octanol–water partition coefficient (Wildman–Crippen LogP) is 1.65. The Balaban J connectivity index is 3.04. The van der Waals surface area contributed by atoms with E-state index in [1.165, 1.54) is 25.3 Å². The molecule has 1 atom stereocenters. The SMILES string of the molecule is CCNCC(C)(O)c1cc(F)ccc1OC. The van der Waals surface area contributed by atoms with Gasteiger partial charge in [0.05, 0.1) is 7.11 Å². The van der Waals surface area contributed by atoms with Crippen LogP contribution in [0, 0.1) is 5.82 Å². The maximum absolute atomic E-state index is 13.1. The lowest BCUT2D eigenvalue weighted by atomic mass is 9.95. The van der Waals surface area contributed by atoms with Gasteiger partial charge >= 0.3 is 0 Å². The number of aliphatic hydroxyl groups is 1. The smallest absolute Gasteiger partial charge is 0.125 e. The van der Waals surface area contributed by atoms with Crippen molar-refractivity contribution in [2.24, 2.45) is 0 Å². The van der Waals surface area contributed by atoms with Crippen molar-refractivity contribution in [2.75, 3.05) is 20.2 Å². The van der Waals surface area contributed by atoms with Crippen LogP contribution in [0.3, 0.4) is 0 Å². The predicted molar refractivity (Wildman–Crippen MR) is 61.1 cm³/mol. The Bertz CT molecular complexity index is 353. The molecule has 0 amide bonds. The van der Waals surface area contributed by atoms with E-state index in [9.17, 15) is 9.50 Å². The van der Waals surface area contributed by atoms with Gasteiger partial charge in [-0.2, -0.15) is 0 Å². The molecule has 1 rings (SSSR count). The van der Waals surface area contributed by atoms with E-state index in [1.54, 1.807) is 6.92 Å². The van der Waals surface area contributed by atoms with E-state index in [4.69, 9.17) is 4.74 Å². The molecule has 0 radical (unpaired) electrons. The number of rotatable bonds is 5. The summed E-state index contributed by atoms with van der Waals surface area (Å²) in [6.45, 7) is 4.67. The normalized spacial score (nSPS) is 14.6. The van der Waals surface area contributed by atoms with Crippen molar-refractivity contribution in [3.63, 3.8) is 0 Å². The highest BCUT2D eigenvalue weighted by Crippen LogP contribution is 2.30. The third-order valence-corrected chi connectivity index (χ3v) is 2.46. The van der Waals surface area contributed by atoms with Crippen molar-refractivity contribution < 1.29 is 14.2 Å². The molecule has 1 aromatic rings. The second-order valence-corrected chi connectivity index (χ2v) is 3.90. The number of nitrogens with one attached hydrogen (secondary N) is 1. The number of likely N-dealkylation sites (N-methyl/N-ethyl adjacent to an activating group) is 1. The first-order valence-electron chi connectivity index (χ1n) is 5.28. The first-order chi connectivity index (χ1) is 7.51. The molecule has 0 spiro atoms. The van der Waals surface area contributed by atoms with Crippen LogP contribution in [0.4, 0.5) is 4.39 Å². The van der Waals surface area contributed by atoms with Gasteiger partial charge in [0.1, 0.15) is 17.2 Å². The lowest BCUT2D eigenvalue weighted by Gasteiger charge is -2.26. The van der Waals surface area contributed by atoms with Crippen molar-refractivity contribution in [2.45, 2.75) is 19.4 Å². The molecular formula is C12H18FNO2. The molecule has 90 valence electrons. The first-order valence-corrected chi connectivity index (χ1v) is 5.28. The van der Waals surface area contributed by atoms with E-state index in [0.29, 0.717) is 17.9 Å². The largest absolute Gasteiger partial charge is 0.496 e. The van der Waals surface area contributed by atoms with Crippen LogP contribution in [0.5, 0.6) is 5.75 Å². The Hall–Kier alpha value is -1.13. The number of hydrogen-bond donors (Lipinski definition) is 2. The molecule has 0 aliphatic carbocycles. The fourth-order valence-electron chi connectivity index (χ4n) is 1.56. The fourth-order valence-corrected chi connectivity index (χ4v) is 1.56. The molecule has 0 aliphatic rings. The second-order valence-electron chi connectivity index (χ2n) is 3.90. The van der Waals surface area contributed by atoms with E-state index in [0.717, 1.165) is 6.54 Å². The maximum Gasteiger partial charge on any atom is 0.125 e. The Morgan fingerprint density at radius 3 is 2.75 bits per heavy atom. The molecule has 0 saturated carbocycles. The first kappa shape index (κ1) is 12.9. The number of methoxy groups -OCH3 is 1. The molecule has 4 heteroatoms. The average Bonchev–Trinajstić information content (AvgIpc) is 2.26. The zero-order valence-corrected chi connectivity index (χ0v) is 9.88. The Morgan fingerprint density at radius 1 is 1.50 bits per heavy atom. The van der Waals surface area contributed by atoms with Crippen LogP contribution in [-0.2, 0) is 5.60 Å². The van der Waals surface area contributed by atoms with Crippen LogP contribution in [0.1, 0.15) is 19.4 Å². The summed E-state index contributed by atoms with van der Waals surface area (Å²) < 4.78 is 18.3. The number of halogens is 1. The van der Waals surface area contributed by atoms with Gasteiger partial charge in [0.2, 0.25) is 0 Å². The summed E-state index contributed by atoms with van der Waals surface area (Å²) in [6.07, 6.45) is 0. The van der Waals surface area contributed by atoms with Crippen LogP contribution in [0.25, 0.3) is 0 Å². The summed E-state index contributed by atoms with van der Waals surface area (Å²) in [6, 6.07) is 4.13. The molecule has 1 aromatic carbocycles. The van der Waals surface area contributed by atoms with Gasteiger partial charge in [-0.25, -0.2) is 4.39 Å². The van der Waals surface area contributed by atoms with E-state index in [-0.39, 0.29) is 5.82 Å². The lowest BCUT2D eigenvalue weighted by molar-refractivity contribution is 0.0546. The second kappa shape index (κ2) is 5.27. The third kappa shape index (κ3) is 2.93. The van der Waals surface area contributed by atoms with Crippen LogP contribution in [-0.4, -0.2) is 25.3 Å². The fraction of sp³-hybridized carbons (Fsp3) is 0.500. The minimum atomic E-state index is -1.15. The van der Waals surface area contributed by atoms with E-state index >= 15 is 0 Å². The Kier molecular flexibility index (Phi) is 4.26. The minimum absolute atomic E-state index is 0.351. The highest BCUT2D eigenvalue weighted by Gasteiger charge is 2.26. The van der Waals surface area contributed by atoms with Gasteiger partial charge < -0.3 is 15.2 Å². The van der Waals surface area contributed by atoms with E-state index in [1.807, 2.05) is 6.92 Å². The number of ether oxygens (including phenoxy) is 1. The van der Waals surface area contributed by atoms with Crippen LogP contribution in [0.2, 0.25) is 0 Å². The molecule has 0 fully saturated rings. The summed E-state index contributed by atoms with van der Waals surface area (Å²) in [5.41, 5.74) is -0.695. The van der Waals surface area contributed by atoms with Gasteiger partial charge in [-0.3, -0.25) is 0 Å². The monoisotopic (exact) mass is 227 g/mol. The third-order valence-electron chi connectivity index (χ3n) is 2.46. The van der Waals surface area contributed by atoms with Crippen LogP contribution in [0.15, 0.2) is 18.2 Å². The Morgan fingerprint density at radius 2 is 2.19 bits per heavy atom. The van der Waals surface area contributed by atoms with Crippen molar-refractivity contribution in [1.82, 2.24) is 5.32 Å². The van der Waals surface area contributed by atoms with Gasteiger partial charge in [-0.05, 0) is 31.7 Å². The summed E-state index contributed by atoms with van der Waals surface area (Å²) in [4.78, 5) is 0. The molecular weight excluding hydrogens is 209 g/mol. The van der Waals surface area contributed by atoms with Gasteiger partial charge in [0.25, 0.3) is 0 Å². The summed E-state index contributed by atoms with van der Waals surface area (Å²) in [5, 5.41) is 13.3. The molecule has 0 heterocycles. The minimum Gasteiger partial charge on any atom is -0.496 e. The molecule has 0 saturated heterocycles. The van der Waals surface area contributed by atoms with Crippen LogP contribution >= 0.6 is 0 Å². The zero-order chi connectivity index (χ0) is 12.2. The topological polar surface area (TPSA) is 41.5 Å². The van der Waals surface area contributed by atoms with Gasteiger partial charge in [-0.1, -0.05) is 6.92 Å². The molecule has 2 N–H and O–H groups in total. The van der Waals surface area contributed by atoms with Gasteiger partial charge in [0.15, 0.2) is 0 Å². The molecule has 3 nitrogen and oxygen atoms in total. The lowest BCUT2D eigenvalue weighted by Crippen LogP contribution is -2.35.